The van der Waals surface area contributed by atoms with E-state index in [4.69, 9.17) is 4.74 Å². The first-order valence-electron chi connectivity index (χ1n) is 7.50. The second-order valence-corrected chi connectivity index (χ2v) is 5.13. The Kier molecular flexibility index (Phi) is 8.49. The van der Waals surface area contributed by atoms with Gasteiger partial charge in [0, 0.05) is 19.6 Å². The Balaban J connectivity index is 0.00000220. The zero-order chi connectivity index (χ0) is 14.2. The molecule has 21 heavy (non-hydrogen) atoms. The van der Waals surface area contributed by atoms with E-state index in [1.165, 1.54) is 31.2 Å². The molecule has 0 heterocycles. The third-order valence-corrected chi connectivity index (χ3v) is 3.59. The predicted molar refractivity (Wildman–Crippen MR) is 98.6 cm³/mol. The van der Waals surface area contributed by atoms with Crippen molar-refractivity contribution >= 4 is 29.9 Å². The van der Waals surface area contributed by atoms with Crippen molar-refractivity contribution in [1.29, 1.82) is 0 Å². The molecule has 1 aliphatic rings. The molecular weight excluding hydrogens is 377 g/mol. The number of nitrogens with zero attached hydrogens (tertiary/aromatic N) is 1. The topological polar surface area (TPSA) is 45.6 Å². The zero-order valence-electron chi connectivity index (χ0n) is 12.9. The minimum Gasteiger partial charge on any atom is -0.494 e. The SMILES string of the molecule is CCOc1cccc(CNC(=NC)NC2CCCC2)c1.I. The summed E-state index contributed by atoms with van der Waals surface area (Å²) in [6, 6.07) is 8.75. The molecule has 0 saturated heterocycles. The van der Waals surface area contributed by atoms with Gasteiger partial charge in [-0.15, -0.1) is 24.0 Å². The Morgan fingerprint density at radius 2 is 2.10 bits per heavy atom. The molecule has 2 rings (SSSR count). The van der Waals surface area contributed by atoms with E-state index in [2.05, 4.69) is 27.8 Å². The molecule has 1 aromatic rings. The van der Waals surface area contributed by atoms with Crippen molar-refractivity contribution in [3.63, 3.8) is 0 Å². The Bertz CT molecular complexity index is 445. The lowest BCUT2D eigenvalue weighted by Crippen LogP contribution is -2.41. The summed E-state index contributed by atoms with van der Waals surface area (Å²) in [5.41, 5.74) is 1.20. The molecule has 0 aromatic heterocycles. The maximum Gasteiger partial charge on any atom is 0.191 e. The zero-order valence-corrected chi connectivity index (χ0v) is 15.2. The van der Waals surface area contributed by atoms with Gasteiger partial charge in [-0.25, -0.2) is 0 Å². The van der Waals surface area contributed by atoms with Crippen LogP contribution in [0.15, 0.2) is 29.3 Å². The summed E-state index contributed by atoms with van der Waals surface area (Å²) in [6.45, 7) is 3.45. The van der Waals surface area contributed by atoms with E-state index >= 15 is 0 Å². The van der Waals surface area contributed by atoms with Crippen LogP contribution in [0.5, 0.6) is 5.75 Å². The summed E-state index contributed by atoms with van der Waals surface area (Å²) in [5, 5.41) is 6.85. The number of halogens is 1. The lowest BCUT2D eigenvalue weighted by molar-refractivity contribution is 0.340. The molecule has 0 radical (unpaired) electrons. The smallest absolute Gasteiger partial charge is 0.191 e. The van der Waals surface area contributed by atoms with Gasteiger partial charge in [-0.3, -0.25) is 4.99 Å². The van der Waals surface area contributed by atoms with Crippen LogP contribution in [0.3, 0.4) is 0 Å². The van der Waals surface area contributed by atoms with Gasteiger partial charge in [0.1, 0.15) is 5.75 Å². The van der Waals surface area contributed by atoms with Crippen LogP contribution in [0.2, 0.25) is 0 Å². The number of hydrogen-bond donors (Lipinski definition) is 2. The van der Waals surface area contributed by atoms with Gasteiger partial charge in [0.05, 0.1) is 6.61 Å². The molecular formula is C16H26IN3O. The molecule has 2 N–H and O–H groups in total. The highest BCUT2D eigenvalue weighted by molar-refractivity contribution is 14.0. The third-order valence-electron chi connectivity index (χ3n) is 3.59. The second kappa shape index (κ2) is 9.87. The Morgan fingerprint density at radius 1 is 1.33 bits per heavy atom. The summed E-state index contributed by atoms with van der Waals surface area (Å²) >= 11 is 0. The molecule has 1 aliphatic carbocycles. The number of aliphatic imine (C=N–C) groups is 1. The van der Waals surface area contributed by atoms with Gasteiger partial charge >= 0.3 is 0 Å². The van der Waals surface area contributed by atoms with Crippen molar-refractivity contribution in [2.75, 3.05) is 13.7 Å². The van der Waals surface area contributed by atoms with E-state index in [0.717, 1.165) is 18.3 Å². The van der Waals surface area contributed by atoms with E-state index in [0.29, 0.717) is 12.6 Å². The lowest BCUT2D eigenvalue weighted by Gasteiger charge is -2.17. The highest BCUT2D eigenvalue weighted by atomic mass is 127. The molecule has 1 saturated carbocycles. The van der Waals surface area contributed by atoms with Gasteiger partial charge in [0.25, 0.3) is 0 Å². The fourth-order valence-corrected chi connectivity index (χ4v) is 2.56. The fraction of sp³-hybridized carbons (Fsp3) is 0.562. The van der Waals surface area contributed by atoms with Crippen molar-refractivity contribution in [3.05, 3.63) is 29.8 Å². The maximum absolute atomic E-state index is 5.51. The van der Waals surface area contributed by atoms with Crippen LogP contribution >= 0.6 is 24.0 Å². The van der Waals surface area contributed by atoms with Crippen LogP contribution in [-0.4, -0.2) is 25.7 Å². The minimum atomic E-state index is 0. The van der Waals surface area contributed by atoms with Crippen LogP contribution in [-0.2, 0) is 6.54 Å². The highest BCUT2D eigenvalue weighted by Crippen LogP contribution is 2.17. The summed E-state index contributed by atoms with van der Waals surface area (Å²) in [6.07, 6.45) is 5.15. The van der Waals surface area contributed by atoms with E-state index < -0.39 is 0 Å². The normalized spacial score (nSPS) is 15.4. The molecule has 0 atom stereocenters. The molecule has 1 fully saturated rings. The van der Waals surface area contributed by atoms with Gasteiger partial charge in [0.2, 0.25) is 0 Å². The van der Waals surface area contributed by atoms with Crippen molar-refractivity contribution in [2.45, 2.75) is 45.2 Å². The largest absolute Gasteiger partial charge is 0.494 e. The van der Waals surface area contributed by atoms with Gasteiger partial charge in [-0.2, -0.15) is 0 Å². The molecule has 0 amide bonds. The maximum atomic E-state index is 5.51. The summed E-state index contributed by atoms with van der Waals surface area (Å²) < 4.78 is 5.51. The Labute approximate surface area is 144 Å². The molecule has 4 nitrogen and oxygen atoms in total. The van der Waals surface area contributed by atoms with E-state index in [-0.39, 0.29) is 24.0 Å². The Morgan fingerprint density at radius 3 is 2.76 bits per heavy atom. The molecule has 0 aliphatic heterocycles. The first kappa shape index (κ1) is 18.1. The first-order chi connectivity index (χ1) is 9.81. The molecule has 0 unspecified atom stereocenters. The lowest BCUT2D eigenvalue weighted by atomic mass is 10.2. The predicted octanol–water partition coefficient (Wildman–Crippen LogP) is 3.31. The van der Waals surface area contributed by atoms with Crippen LogP contribution in [0.1, 0.15) is 38.2 Å². The van der Waals surface area contributed by atoms with Crippen LogP contribution < -0.4 is 15.4 Å². The standard InChI is InChI=1S/C16H25N3O.HI/c1-3-20-15-10-6-7-13(11-15)12-18-16(17-2)19-14-8-4-5-9-14;/h6-7,10-11,14H,3-5,8-9,12H2,1-2H3,(H2,17,18,19);1H. The van der Waals surface area contributed by atoms with E-state index in [9.17, 15) is 0 Å². The average Bonchev–Trinajstić information content (AvgIpc) is 2.97. The Hall–Kier alpha value is -0.980. The van der Waals surface area contributed by atoms with E-state index in [1.807, 2.05) is 26.1 Å². The molecule has 118 valence electrons. The van der Waals surface area contributed by atoms with Gasteiger partial charge in [-0.05, 0) is 37.5 Å². The highest BCUT2D eigenvalue weighted by Gasteiger charge is 2.15. The van der Waals surface area contributed by atoms with Gasteiger partial charge in [0.15, 0.2) is 5.96 Å². The molecule has 0 spiro atoms. The number of benzene rings is 1. The number of hydrogen-bond acceptors (Lipinski definition) is 2. The number of nitrogens with one attached hydrogen (secondary N) is 2. The van der Waals surface area contributed by atoms with Crippen LogP contribution in [0, 0.1) is 0 Å². The average molecular weight is 403 g/mol. The van der Waals surface area contributed by atoms with Crippen molar-refractivity contribution in [1.82, 2.24) is 10.6 Å². The number of rotatable bonds is 5. The summed E-state index contributed by atoms with van der Waals surface area (Å²) in [4.78, 5) is 4.29. The van der Waals surface area contributed by atoms with Gasteiger partial charge in [-0.1, -0.05) is 25.0 Å². The quantitative estimate of drug-likeness (QED) is 0.451. The third kappa shape index (κ3) is 6.11. The molecule has 1 aromatic carbocycles. The van der Waals surface area contributed by atoms with Crippen LogP contribution in [0.4, 0.5) is 0 Å². The number of guanidine groups is 1. The van der Waals surface area contributed by atoms with Crippen molar-refractivity contribution in [3.8, 4) is 5.75 Å². The monoisotopic (exact) mass is 403 g/mol. The van der Waals surface area contributed by atoms with Crippen molar-refractivity contribution in [2.24, 2.45) is 4.99 Å². The van der Waals surface area contributed by atoms with Gasteiger partial charge < -0.3 is 15.4 Å². The molecule has 5 heteroatoms. The summed E-state index contributed by atoms with van der Waals surface area (Å²) in [7, 11) is 1.82. The van der Waals surface area contributed by atoms with Crippen molar-refractivity contribution < 1.29 is 4.74 Å². The summed E-state index contributed by atoms with van der Waals surface area (Å²) in [5.74, 6) is 1.81. The second-order valence-electron chi connectivity index (χ2n) is 5.13. The van der Waals surface area contributed by atoms with E-state index in [1.54, 1.807) is 0 Å². The first-order valence-corrected chi connectivity index (χ1v) is 7.50. The fourth-order valence-electron chi connectivity index (χ4n) is 2.56. The minimum absolute atomic E-state index is 0. The van der Waals surface area contributed by atoms with Crippen LogP contribution in [0.25, 0.3) is 0 Å². The molecule has 0 bridgehead atoms. The number of ether oxygens (including phenoxy) is 1.